The smallest absolute Gasteiger partial charge is 0.408 e. The fraction of sp³-hybridized carbons (Fsp3) is 0.400. The number of nitrogens with two attached hydrogens (primary N) is 1. The first-order valence-electron chi connectivity index (χ1n) is 8.01. The van der Waals surface area contributed by atoms with Gasteiger partial charge in [-0.3, -0.25) is 9.80 Å². The van der Waals surface area contributed by atoms with Crippen molar-refractivity contribution >= 4 is 37.1 Å². The second kappa shape index (κ2) is 9.06. The molecule has 0 radical (unpaired) electrons. The zero-order valence-corrected chi connectivity index (χ0v) is 16.5. The lowest BCUT2D eigenvalue weighted by molar-refractivity contribution is -0.119. The van der Waals surface area contributed by atoms with E-state index in [9.17, 15) is 18.0 Å². The molecular formula is C15H21N5O5S2. The van der Waals surface area contributed by atoms with Gasteiger partial charge in [0.15, 0.2) is 0 Å². The van der Waals surface area contributed by atoms with E-state index in [1.54, 1.807) is 19.1 Å². The third-order valence-corrected chi connectivity index (χ3v) is 6.69. The second-order valence-electron chi connectivity index (χ2n) is 5.58. The highest BCUT2D eigenvalue weighted by Gasteiger charge is 2.30. The van der Waals surface area contributed by atoms with Crippen LogP contribution in [0.2, 0.25) is 0 Å². The molecule has 3 N–H and O–H groups in total. The molecule has 10 nitrogen and oxygen atoms in total. The molecule has 0 saturated heterocycles. The third-order valence-electron chi connectivity index (χ3n) is 3.42. The van der Waals surface area contributed by atoms with Crippen LogP contribution in [0.4, 0.5) is 4.79 Å². The van der Waals surface area contributed by atoms with Crippen molar-refractivity contribution in [1.82, 2.24) is 10.3 Å². The van der Waals surface area contributed by atoms with Gasteiger partial charge in [-0.25, -0.2) is 18.4 Å². The zero-order chi connectivity index (χ0) is 20.0. The number of primary sulfonamides is 1. The molecule has 1 aromatic rings. The first-order chi connectivity index (χ1) is 12.7. The van der Waals surface area contributed by atoms with Gasteiger partial charge >= 0.3 is 6.09 Å². The summed E-state index contributed by atoms with van der Waals surface area (Å²) in [6, 6.07) is 8.08. The summed E-state index contributed by atoms with van der Waals surface area (Å²) < 4.78 is 31.8. The van der Waals surface area contributed by atoms with E-state index < -0.39 is 38.8 Å². The second-order valence-corrected chi connectivity index (χ2v) is 8.88. The van der Waals surface area contributed by atoms with Crippen molar-refractivity contribution in [3.8, 4) is 0 Å². The lowest BCUT2D eigenvalue weighted by atomic mass is 10.2. The SMILES string of the molecule is CCN1CS(=NC(=O)[C@H](C)NC(=O)OCc2ccccc2)C(S(N)(=O)=O)=N1. The first kappa shape index (κ1) is 21.0. The molecule has 0 spiro atoms. The zero-order valence-electron chi connectivity index (χ0n) is 14.9. The standard InChI is InChI=1S/C15H21N5O5S2/c1-3-20-10-26(15(18-20)27(16,23)24)19-13(21)11(2)17-14(22)25-9-12-7-5-4-6-8-12/h4-8,11H,3,9-10H2,1-2H3,(H,17,22)(H2,16,23,24)/t11-,26?/m0/s1. The Kier molecular flexibility index (Phi) is 7.05. The molecule has 0 fully saturated rings. The number of amides is 2. The van der Waals surface area contributed by atoms with Gasteiger partial charge < -0.3 is 10.1 Å². The molecule has 1 aliphatic rings. The predicted octanol–water partition coefficient (Wildman–Crippen LogP) is 0.482. The Morgan fingerprint density at radius 3 is 2.67 bits per heavy atom. The van der Waals surface area contributed by atoms with Crippen LogP contribution in [-0.2, 0) is 36.9 Å². The van der Waals surface area contributed by atoms with Crippen molar-refractivity contribution in [3.05, 3.63) is 35.9 Å². The van der Waals surface area contributed by atoms with Gasteiger partial charge in [0, 0.05) is 6.54 Å². The van der Waals surface area contributed by atoms with Gasteiger partial charge in [-0.1, -0.05) is 30.3 Å². The van der Waals surface area contributed by atoms with Crippen molar-refractivity contribution in [2.24, 2.45) is 14.6 Å². The number of ether oxygens (including phenoxy) is 1. The highest BCUT2D eigenvalue weighted by atomic mass is 32.3. The topological polar surface area (TPSA) is 144 Å². The van der Waals surface area contributed by atoms with Crippen LogP contribution in [0.3, 0.4) is 0 Å². The summed E-state index contributed by atoms with van der Waals surface area (Å²) in [5.41, 5.74) is 0.803. The quantitative estimate of drug-likeness (QED) is 0.716. The fourth-order valence-electron chi connectivity index (χ4n) is 2.00. The molecule has 1 aliphatic heterocycles. The first-order valence-corrected chi connectivity index (χ1v) is 10.9. The van der Waals surface area contributed by atoms with Crippen LogP contribution in [0, 0.1) is 0 Å². The van der Waals surface area contributed by atoms with Crippen LogP contribution in [-0.4, -0.2) is 48.3 Å². The lowest BCUT2D eigenvalue weighted by Gasteiger charge is -2.12. The lowest BCUT2D eigenvalue weighted by Crippen LogP contribution is -2.38. The molecule has 2 atom stereocenters. The maximum Gasteiger partial charge on any atom is 0.408 e. The van der Waals surface area contributed by atoms with Crippen molar-refractivity contribution < 1.29 is 22.7 Å². The molecule has 1 unspecified atom stereocenters. The number of benzene rings is 1. The fourth-order valence-corrected chi connectivity index (χ4v) is 4.93. The van der Waals surface area contributed by atoms with Crippen LogP contribution >= 0.6 is 0 Å². The van der Waals surface area contributed by atoms with Gasteiger partial charge in [0.05, 0.1) is 5.88 Å². The summed E-state index contributed by atoms with van der Waals surface area (Å²) in [5, 5.41) is 12.9. The van der Waals surface area contributed by atoms with Crippen molar-refractivity contribution in [1.29, 1.82) is 0 Å². The molecule has 12 heteroatoms. The van der Waals surface area contributed by atoms with E-state index in [2.05, 4.69) is 14.8 Å². The minimum atomic E-state index is -4.07. The third kappa shape index (κ3) is 6.12. The van der Waals surface area contributed by atoms with Crippen LogP contribution in [0.25, 0.3) is 0 Å². The molecule has 2 rings (SSSR count). The largest absolute Gasteiger partial charge is 0.445 e. The number of hydrogen-bond donors (Lipinski definition) is 2. The van der Waals surface area contributed by atoms with E-state index in [4.69, 9.17) is 9.88 Å². The maximum atomic E-state index is 12.2. The number of sulfonamides is 1. The molecule has 2 amide bonds. The molecule has 1 aromatic carbocycles. The highest BCUT2D eigenvalue weighted by molar-refractivity contribution is 8.29. The average Bonchev–Trinajstić information content (AvgIpc) is 3.04. The Morgan fingerprint density at radius 2 is 2.07 bits per heavy atom. The Hall–Kier alpha value is -2.31. The predicted molar refractivity (Wildman–Crippen MR) is 102 cm³/mol. The number of rotatable bonds is 5. The minimum Gasteiger partial charge on any atom is -0.445 e. The molecule has 27 heavy (non-hydrogen) atoms. The Morgan fingerprint density at radius 1 is 1.41 bits per heavy atom. The molecule has 148 valence electrons. The van der Waals surface area contributed by atoms with Crippen LogP contribution < -0.4 is 10.5 Å². The molecule has 1 heterocycles. The number of hydrogen-bond acceptors (Lipinski definition) is 7. The maximum absolute atomic E-state index is 12.2. The van der Waals surface area contributed by atoms with Crippen molar-refractivity contribution in [2.75, 3.05) is 12.4 Å². The van der Waals surface area contributed by atoms with E-state index in [1.165, 1.54) is 11.9 Å². The molecule has 0 aromatic heterocycles. The Bertz CT molecular complexity index is 870. The number of nitrogens with one attached hydrogen (secondary N) is 1. The van der Waals surface area contributed by atoms with E-state index in [1.807, 2.05) is 18.2 Å². The van der Waals surface area contributed by atoms with Crippen LogP contribution in [0.15, 0.2) is 39.8 Å². The van der Waals surface area contributed by atoms with Gasteiger partial charge in [0.1, 0.15) is 12.6 Å². The summed E-state index contributed by atoms with van der Waals surface area (Å²) in [6.45, 7) is 3.72. The van der Waals surface area contributed by atoms with Gasteiger partial charge in [-0.15, -0.1) is 0 Å². The molecule has 0 aliphatic carbocycles. The summed E-state index contributed by atoms with van der Waals surface area (Å²) in [4.78, 5) is 24.1. The monoisotopic (exact) mass is 415 g/mol. The van der Waals surface area contributed by atoms with Crippen molar-refractivity contribution in [3.63, 3.8) is 0 Å². The van der Waals surface area contributed by atoms with E-state index >= 15 is 0 Å². The number of nitrogens with zero attached hydrogens (tertiary/aromatic N) is 3. The average molecular weight is 415 g/mol. The van der Waals surface area contributed by atoms with Crippen LogP contribution in [0.1, 0.15) is 19.4 Å². The highest BCUT2D eigenvalue weighted by Crippen LogP contribution is 2.13. The molecular weight excluding hydrogens is 394 g/mol. The number of carbonyl (C=O) groups excluding carboxylic acids is 2. The number of carbonyl (C=O) groups is 2. The normalized spacial score (nSPS) is 18.1. The van der Waals surface area contributed by atoms with E-state index in [0.29, 0.717) is 6.54 Å². The van der Waals surface area contributed by atoms with Crippen LogP contribution in [0.5, 0.6) is 0 Å². The Labute approximate surface area is 159 Å². The summed E-state index contributed by atoms with van der Waals surface area (Å²) in [7, 11) is -5.38. The molecule has 0 saturated carbocycles. The van der Waals surface area contributed by atoms with Gasteiger partial charge in [-0.2, -0.15) is 9.46 Å². The summed E-state index contributed by atoms with van der Waals surface area (Å²) >= 11 is 0. The summed E-state index contributed by atoms with van der Waals surface area (Å²) in [6.07, 6.45) is -0.778. The summed E-state index contributed by atoms with van der Waals surface area (Å²) in [5.74, 6) is -0.539. The van der Waals surface area contributed by atoms with E-state index in [-0.39, 0.29) is 16.9 Å². The Balaban J connectivity index is 1.97. The van der Waals surface area contributed by atoms with Gasteiger partial charge in [0.25, 0.3) is 15.9 Å². The van der Waals surface area contributed by atoms with Gasteiger partial charge in [-0.05, 0) is 30.1 Å². The van der Waals surface area contributed by atoms with Crippen molar-refractivity contribution in [2.45, 2.75) is 26.5 Å². The number of hydrazone groups is 1. The molecule has 0 bridgehead atoms. The number of alkyl carbamates (subject to hydrolysis) is 1. The van der Waals surface area contributed by atoms with Gasteiger partial charge in [0.2, 0.25) is 4.38 Å². The van der Waals surface area contributed by atoms with E-state index in [0.717, 1.165) is 5.56 Å². The minimum absolute atomic E-state index is 0.0583.